The Labute approximate surface area is 126 Å². The van der Waals surface area contributed by atoms with E-state index in [-0.39, 0.29) is 11.3 Å². The summed E-state index contributed by atoms with van der Waals surface area (Å²) in [5, 5.41) is 7.09. The summed E-state index contributed by atoms with van der Waals surface area (Å²) in [6.45, 7) is 8.40. The zero-order valence-electron chi connectivity index (χ0n) is 13.6. The van der Waals surface area contributed by atoms with Crippen molar-refractivity contribution < 1.29 is 9.32 Å². The summed E-state index contributed by atoms with van der Waals surface area (Å²) >= 11 is 0. The molecule has 0 aliphatic heterocycles. The Morgan fingerprint density at radius 1 is 1.29 bits per heavy atom. The summed E-state index contributed by atoms with van der Waals surface area (Å²) in [4.78, 5) is 16.3. The highest BCUT2D eigenvalue weighted by molar-refractivity contribution is 5.76. The molecule has 5 heteroatoms. The highest BCUT2D eigenvalue weighted by Gasteiger charge is 2.22. The quantitative estimate of drug-likeness (QED) is 0.926. The minimum Gasteiger partial charge on any atom is -0.353 e. The SMILES string of the molecule is CC1CCC(NC(=O)CCc2nc(C(C)(C)C)no2)CC1. The molecule has 5 nitrogen and oxygen atoms in total. The van der Waals surface area contributed by atoms with Crippen molar-refractivity contribution in [2.24, 2.45) is 5.92 Å². The van der Waals surface area contributed by atoms with E-state index in [9.17, 15) is 4.79 Å². The average molecular weight is 293 g/mol. The largest absolute Gasteiger partial charge is 0.353 e. The third-order valence-electron chi connectivity index (χ3n) is 4.09. The lowest BCUT2D eigenvalue weighted by Crippen LogP contribution is -2.37. The van der Waals surface area contributed by atoms with Gasteiger partial charge in [0, 0.05) is 24.3 Å². The smallest absolute Gasteiger partial charge is 0.227 e. The first-order valence-electron chi connectivity index (χ1n) is 7.97. The summed E-state index contributed by atoms with van der Waals surface area (Å²) in [7, 11) is 0. The second-order valence-electron chi connectivity index (χ2n) is 7.29. The summed E-state index contributed by atoms with van der Waals surface area (Å²) in [5.74, 6) is 2.13. The van der Waals surface area contributed by atoms with Crippen molar-refractivity contribution in [3.8, 4) is 0 Å². The standard InChI is InChI=1S/C16H27N3O2/c1-11-5-7-12(8-6-11)17-13(20)9-10-14-18-15(19-21-14)16(2,3)4/h11-12H,5-10H2,1-4H3,(H,17,20). The summed E-state index contributed by atoms with van der Waals surface area (Å²) in [6, 6.07) is 0.349. The normalized spacial score (nSPS) is 23.0. The van der Waals surface area contributed by atoms with E-state index in [1.165, 1.54) is 12.8 Å². The van der Waals surface area contributed by atoms with Crippen molar-refractivity contribution in [1.82, 2.24) is 15.5 Å². The maximum absolute atomic E-state index is 12.0. The number of aryl methyl sites for hydroxylation is 1. The molecule has 1 amide bonds. The molecule has 1 heterocycles. The number of nitrogens with zero attached hydrogens (tertiary/aromatic N) is 2. The number of nitrogens with one attached hydrogen (secondary N) is 1. The lowest BCUT2D eigenvalue weighted by Gasteiger charge is -2.26. The van der Waals surface area contributed by atoms with Gasteiger partial charge in [0.1, 0.15) is 0 Å². The Balaban J connectivity index is 1.75. The topological polar surface area (TPSA) is 68.0 Å². The molecule has 21 heavy (non-hydrogen) atoms. The molecular formula is C16H27N3O2. The van der Waals surface area contributed by atoms with Crippen LogP contribution in [0.2, 0.25) is 0 Å². The maximum Gasteiger partial charge on any atom is 0.227 e. The Hall–Kier alpha value is -1.39. The monoisotopic (exact) mass is 293 g/mol. The molecule has 1 saturated carbocycles. The van der Waals surface area contributed by atoms with Crippen LogP contribution in [-0.2, 0) is 16.6 Å². The summed E-state index contributed by atoms with van der Waals surface area (Å²) in [5.41, 5.74) is -0.122. The van der Waals surface area contributed by atoms with Crippen molar-refractivity contribution in [3.63, 3.8) is 0 Å². The zero-order chi connectivity index (χ0) is 15.5. The molecule has 1 aliphatic rings. The fraction of sp³-hybridized carbons (Fsp3) is 0.812. The van der Waals surface area contributed by atoms with E-state index in [0.717, 1.165) is 18.8 Å². The molecule has 1 N–H and O–H groups in total. The molecule has 1 aromatic heterocycles. The molecule has 0 saturated heterocycles. The van der Waals surface area contributed by atoms with Gasteiger partial charge in [-0.25, -0.2) is 0 Å². The minimum absolute atomic E-state index is 0.0880. The van der Waals surface area contributed by atoms with Crippen LogP contribution in [0.4, 0.5) is 0 Å². The van der Waals surface area contributed by atoms with Crippen LogP contribution in [-0.4, -0.2) is 22.1 Å². The molecule has 0 radical (unpaired) electrons. The van der Waals surface area contributed by atoms with E-state index < -0.39 is 0 Å². The van der Waals surface area contributed by atoms with Crippen LogP contribution in [0.3, 0.4) is 0 Å². The van der Waals surface area contributed by atoms with Gasteiger partial charge in [0.25, 0.3) is 0 Å². The Morgan fingerprint density at radius 3 is 2.52 bits per heavy atom. The Bertz CT molecular complexity index is 468. The van der Waals surface area contributed by atoms with Crippen LogP contribution in [0.15, 0.2) is 4.52 Å². The average Bonchev–Trinajstić information content (AvgIpc) is 2.88. The second kappa shape index (κ2) is 6.58. The molecule has 1 aromatic rings. The molecule has 0 atom stereocenters. The van der Waals surface area contributed by atoms with E-state index in [2.05, 4.69) is 22.4 Å². The first-order chi connectivity index (χ1) is 9.84. The van der Waals surface area contributed by atoms with Crippen LogP contribution in [0, 0.1) is 5.92 Å². The molecule has 0 spiro atoms. The number of carbonyl (C=O) groups excluding carboxylic acids is 1. The van der Waals surface area contributed by atoms with Crippen LogP contribution in [0.5, 0.6) is 0 Å². The Morgan fingerprint density at radius 2 is 1.95 bits per heavy atom. The van der Waals surface area contributed by atoms with E-state index >= 15 is 0 Å². The number of aromatic nitrogens is 2. The fourth-order valence-electron chi connectivity index (χ4n) is 2.59. The lowest BCUT2D eigenvalue weighted by molar-refractivity contribution is -0.122. The van der Waals surface area contributed by atoms with Gasteiger partial charge in [0.15, 0.2) is 5.82 Å². The third kappa shape index (κ3) is 4.83. The predicted octanol–water partition coefficient (Wildman–Crippen LogP) is 2.99. The molecular weight excluding hydrogens is 266 g/mol. The van der Waals surface area contributed by atoms with Gasteiger partial charge in [-0.3, -0.25) is 4.79 Å². The van der Waals surface area contributed by atoms with Crippen LogP contribution >= 0.6 is 0 Å². The predicted molar refractivity (Wildman–Crippen MR) is 80.9 cm³/mol. The van der Waals surface area contributed by atoms with Crippen molar-refractivity contribution in [3.05, 3.63) is 11.7 Å². The van der Waals surface area contributed by atoms with Gasteiger partial charge in [-0.15, -0.1) is 0 Å². The van der Waals surface area contributed by atoms with Gasteiger partial charge < -0.3 is 9.84 Å². The first-order valence-corrected chi connectivity index (χ1v) is 7.97. The van der Waals surface area contributed by atoms with Gasteiger partial charge in [-0.1, -0.05) is 32.9 Å². The zero-order valence-corrected chi connectivity index (χ0v) is 13.6. The molecule has 1 fully saturated rings. The van der Waals surface area contributed by atoms with Crippen molar-refractivity contribution in [2.45, 2.75) is 77.7 Å². The number of amides is 1. The number of hydrogen-bond acceptors (Lipinski definition) is 4. The van der Waals surface area contributed by atoms with E-state index in [1.807, 2.05) is 20.8 Å². The minimum atomic E-state index is -0.122. The molecule has 1 aliphatic carbocycles. The third-order valence-corrected chi connectivity index (χ3v) is 4.09. The molecule has 0 aromatic carbocycles. The van der Waals surface area contributed by atoms with E-state index in [1.54, 1.807) is 0 Å². The number of hydrogen-bond donors (Lipinski definition) is 1. The van der Waals surface area contributed by atoms with Gasteiger partial charge in [0.05, 0.1) is 0 Å². The van der Waals surface area contributed by atoms with Gasteiger partial charge >= 0.3 is 0 Å². The first kappa shape index (κ1) is 16.0. The Kier molecular flexibility index (Phi) is 5.01. The highest BCUT2D eigenvalue weighted by atomic mass is 16.5. The summed E-state index contributed by atoms with van der Waals surface area (Å²) < 4.78 is 5.20. The fourth-order valence-corrected chi connectivity index (χ4v) is 2.59. The van der Waals surface area contributed by atoms with Crippen molar-refractivity contribution >= 4 is 5.91 Å². The van der Waals surface area contributed by atoms with Crippen molar-refractivity contribution in [1.29, 1.82) is 0 Å². The van der Waals surface area contributed by atoms with Crippen LogP contribution < -0.4 is 5.32 Å². The summed E-state index contributed by atoms with van der Waals surface area (Å²) in [6.07, 6.45) is 5.55. The van der Waals surface area contributed by atoms with E-state index in [0.29, 0.717) is 30.6 Å². The molecule has 0 bridgehead atoms. The molecule has 118 valence electrons. The number of carbonyl (C=O) groups is 1. The van der Waals surface area contributed by atoms with Gasteiger partial charge in [-0.05, 0) is 31.6 Å². The maximum atomic E-state index is 12.0. The van der Waals surface area contributed by atoms with E-state index in [4.69, 9.17) is 4.52 Å². The van der Waals surface area contributed by atoms with Crippen LogP contribution in [0.1, 0.15) is 71.5 Å². The lowest BCUT2D eigenvalue weighted by atomic mass is 9.87. The van der Waals surface area contributed by atoms with Crippen molar-refractivity contribution in [2.75, 3.05) is 0 Å². The number of rotatable bonds is 4. The molecule has 0 unspecified atom stereocenters. The van der Waals surface area contributed by atoms with Crippen LogP contribution in [0.25, 0.3) is 0 Å². The highest BCUT2D eigenvalue weighted by Crippen LogP contribution is 2.23. The second-order valence-corrected chi connectivity index (χ2v) is 7.29. The van der Waals surface area contributed by atoms with Gasteiger partial charge in [0.2, 0.25) is 11.8 Å². The molecule has 2 rings (SSSR count). The van der Waals surface area contributed by atoms with Gasteiger partial charge in [-0.2, -0.15) is 4.98 Å².